The zero-order chi connectivity index (χ0) is 25.4. The van der Waals surface area contributed by atoms with Gasteiger partial charge in [0, 0.05) is 41.4 Å². The zero-order valence-corrected chi connectivity index (χ0v) is 20.4. The standard InChI is InChI=1S/C26H24ClFN8/c1-15-10-16(20-12-17(27)4-7-22(20)35(3)14-32-30-2)11-18-5-8-23(36(15)18)26-31-13-21(33-26)19-6-9-24(29)34-25(19)28/h4,6-7,9-14,23H,1-2,5,8H2,3H3,(H2,29,34)(H,31,33)/b32-14-. The molecule has 1 unspecified atom stereocenters. The number of aromatic amines is 1. The Morgan fingerprint density at radius 1 is 1.28 bits per heavy atom. The Kier molecular flexibility index (Phi) is 6.15. The van der Waals surface area contributed by atoms with Crippen molar-refractivity contribution in [3.8, 4) is 11.3 Å². The van der Waals surface area contributed by atoms with Crippen LogP contribution in [0.2, 0.25) is 5.02 Å². The third-order valence-electron chi connectivity index (χ3n) is 6.28. The second-order valence-electron chi connectivity index (χ2n) is 8.55. The van der Waals surface area contributed by atoms with Crippen molar-refractivity contribution in [1.82, 2.24) is 19.9 Å². The Bertz CT molecular complexity index is 1450. The van der Waals surface area contributed by atoms with Crippen molar-refractivity contribution in [2.45, 2.75) is 18.9 Å². The summed E-state index contributed by atoms with van der Waals surface area (Å²) in [5, 5.41) is 8.06. The van der Waals surface area contributed by atoms with Crippen molar-refractivity contribution in [3.63, 3.8) is 0 Å². The van der Waals surface area contributed by atoms with Crippen LogP contribution in [0.1, 0.15) is 30.3 Å². The highest BCUT2D eigenvalue weighted by atomic mass is 35.5. The van der Waals surface area contributed by atoms with Crippen molar-refractivity contribution in [1.29, 1.82) is 0 Å². The molecule has 0 bridgehead atoms. The third kappa shape index (κ3) is 4.29. The molecule has 0 spiro atoms. The summed E-state index contributed by atoms with van der Waals surface area (Å²) in [5.41, 5.74) is 11.3. The largest absolute Gasteiger partial charge is 0.384 e. The second-order valence-corrected chi connectivity index (χ2v) is 8.99. The summed E-state index contributed by atoms with van der Waals surface area (Å²) in [6.07, 6.45) is 9.06. The van der Waals surface area contributed by atoms with Gasteiger partial charge in [0.15, 0.2) is 0 Å². The van der Waals surface area contributed by atoms with Crippen LogP contribution in [0.3, 0.4) is 0 Å². The number of benzene rings is 1. The molecular weight excluding hydrogens is 479 g/mol. The number of nitrogens with two attached hydrogens (primary N) is 1. The average molecular weight is 503 g/mol. The number of allylic oxidation sites excluding steroid dienone is 4. The van der Waals surface area contributed by atoms with Crippen molar-refractivity contribution in [2.75, 3.05) is 17.7 Å². The van der Waals surface area contributed by atoms with Gasteiger partial charge in [-0.05, 0) is 60.9 Å². The Morgan fingerprint density at radius 2 is 2.11 bits per heavy atom. The van der Waals surface area contributed by atoms with E-state index in [9.17, 15) is 4.39 Å². The molecule has 0 radical (unpaired) electrons. The fraction of sp³-hybridized carbons (Fsp3) is 0.154. The Hall–Kier alpha value is -4.24. The summed E-state index contributed by atoms with van der Waals surface area (Å²) in [6, 6.07) is 8.81. The van der Waals surface area contributed by atoms with Crippen LogP contribution in [0.5, 0.6) is 0 Å². The summed E-state index contributed by atoms with van der Waals surface area (Å²) >= 11 is 6.36. The van der Waals surface area contributed by atoms with Crippen LogP contribution in [0.15, 0.2) is 76.9 Å². The number of rotatable bonds is 6. The molecule has 5 rings (SSSR count). The van der Waals surface area contributed by atoms with Crippen LogP contribution in [0, 0.1) is 5.95 Å². The topological polar surface area (TPSA) is 98.8 Å². The van der Waals surface area contributed by atoms with Gasteiger partial charge in [0.1, 0.15) is 18.0 Å². The molecule has 182 valence electrons. The number of pyridine rings is 1. The van der Waals surface area contributed by atoms with Crippen LogP contribution < -0.4 is 10.6 Å². The van der Waals surface area contributed by atoms with Crippen LogP contribution >= 0.6 is 11.6 Å². The number of nitrogens with one attached hydrogen (secondary N) is 1. The maximum Gasteiger partial charge on any atom is 0.224 e. The first-order valence-corrected chi connectivity index (χ1v) is 11.6. The molecule has 2 aromatic heterocycles. The van der Waals surface area contributed by atoms with Crippen molar-refractivity contribution >= 4 is 41.7 Å². The molecule has 8 nitrogen and oxygen atoms in total. The van der Waals surface area contributed by atoms with Gasteiger partial charge >= 0.3 is 0 Å². The Morgan fingerprint density at radius 3 is 2.89 bits per heavy atom. The van der Waals surface area contributed by atoms with E-state index in [0.29, 0.717) is 16.3 Å². The van der Waals surface area contributed by atoms with Gasteiger partial charge in [-0.2, -0.15) is 9.49 Å². The Balaban J connectivity index is 1.45. The summed E-state index contributed by atoms with van der Waals surface area (Å²) in [7, 11) is 1.89. The van der Waals surface area contributed by atoms with E-state index in [4.69, 9.17) is 17.3 Å². The Labute approximate surface area is 213 Å². The van der Waals surface area contributed by atoms with Gasteiger partial charge in [-0.25, -0.2) is 9.97 Å². The highest BCUT2D eigenvalue weighted by Crippen LogP contribution is 2.45. The minimum Gasteiger partial charge on any atom is -0.384 e. The SMILES string of the molecule is C=N/N=C\N(C)c1ccc(Cl)cc1C1=CC(=C)N2C(=C1)CCC2c1ncc(-c2ccc(N)nc2F)[nH]1. The number of halogens is 2. The first-order valence-electron chi connectivity index (χ1n) is 11.3. The van der Waals surface area contributed by atoms with E-state index in [1.54, 1.807) is 24.7 Å². The molecule has 36 heavy (non-hydrogen) atoms. The van der Waals surface area contributed by atoms with Crippen LogP contribution in [0.25, 0.3) is 16.8 Å². The van der Waals surface area contributed by atoms with Gasteiger partial charge in [-0.15, -0.1) is 5.10 Å². The maximum atomic E-state index is 14.3. The van der Waals surface area contributed by atoms with Gasteiger partial charge in [0.05, 0.1) is 23.5 Å². The van der Waals surface area contributed by atoms with E-state index >= 15 is 0 Å². The molecule has 1 aromatic carbocycles. The quantitative estimate of drug-likeness (QED) is 0.199. The molecule has 2 aliphatic heterocycles. The normalized spacial score (nSPS) is 17.2. The molecule has 4 heterocycles. The fourth-order valence-electron chi connectivity index (χ4n) is 4.66. The van der Waals surface area contributed by atoms with Crippen molar-refractivity contribution < 1.29 is 4.39 Å². The first kappa shape index (κ1) is 23.5. The van der Waals surface area contributed by atoms with Gasteiger partial charge in [-0.1, -0.05) is 18.2 Å². The molecule has 1 fully saturated rings. The highest BCUT2D eigenvalue weighted by molar-refractivity contribution is 6.31. The number of imidazole rings is 1. The molecule has 0 amide bonds. The minimum atomic E-state index is -0.636. The number of hydrogen-bond acceptors (Lipinski definition) is 6. The predicted molar refractivity (Wildman–Crippen MR) is 143 cm³/mol. The zero-order valence-electron chi connectivity index (χ0n) is 19.6. The number of nitrogens with zero attached hydrogens (tertiary/aromatic N) is 6. The molecule has 0 saturated carbocycles. The number of fused-ring (bicyclic) bond motifs is 1. The summed E-state index contributed by atoms with van der Waals surface area (Å²) in [4.78, 5) is 15.6. The number of anilines is 2. The van der Waals surface area contributed by atoms with Crippen LogP contribution in [0.4, 0.5) is 15.9 Å². The summed E-state index contributed by atoms with van der Waals surface area (Å²) in [6.45, 7) is 7.72. The number of aromatic nitrogens is 3. The van der Waals surface area contributed by atoms with Gasteiger partial charge in [0.25, 0.3) is 0 Å². The molecule has 3 N–H and O–H groups in total. The smallest absolute Gasteiger partial charge is 0.224 e. The maximum absolute atomic E-state index is 14.3. The van der Waals surface area contributed by atoms with E-state index in [-0.39, 0.29) is 11.9 Å². The monoisotopic (exact) mass is 502 g/mol. The first-order chi connectivity index (χ1) is 17.4. The molecule has 1 atom stereocenters. The van der Waals surface area contributed by atoms with Gasteiger partial charge < -0.3 is 20.5 Å². The van der Waals surface area contributed by atoms with Crippen molar-refractivity contribution in [2.24, 2.45) is 10.2 Å². The molecule has 0 aliphatic carbocycles. The number of hydrogen-bond donors (Lipinski definition) is 2. The molecular formula is C26H24ClFN8. The predicted octanol–water partition coefficient (Wildman–Crippen LogP) is 5.56. The molecule has 10 heteroatoms. The third-order valence-corrected chi connectivity index (χ3v) is 6.51. The number of nitrogen functional groups attached to an aromatic ring is 1. The van der Waals surface area contributed by atoms with E-state index in [2.05, 4.69) is 49.4 Å². The second kappa shape index (κ2) is 9.43. The van der Waals surface area contributed by atoms with E-state index < -0.39 is 5.95 Å². The lowest BCUT2D eigenvalue weighted by Gasteiger charge is -2.31. The van der Waals surface area contributed by atoms with Crippen LogP contribution in [-0.2, 0) is 0 Å². The van der Waals surface area contributed by atoms with E-state index in [1.165, 1.54) is 0 Å². The lowest BCUT2D eigenvalue weighted by atomic mass is 9.98. The van der Waals surface area contributed by atoms with Crippen molar-refractivity contribution in [3.05, 3.63) is 89.0 Å². The van der Waals surface area contributed by atoms with Crippen LogP contribution in [-0.4, -0.2) is 40.0 Å². The number of H-pyrrole nitrogens is 1. The van der Waals surface area contributed by atoms with E-state index in [1.807, 2.05) is 36.2 Å². The lowest BCUT2D eigenvalue weighted by molar-refractivity contribution is 0.366. The molecule has 3 aromatic rings. The summed E-state index contributed by atoms with van der Waals surface area (Å²) in [5.74, 6) is 0.231. The average Bonchev–Trinajstić information content (AvgIpc) is 3.50. The molecule has 2 aliphatic rings. The summed E-state index contributed by atoms with van der Waals surface area (Å²) < 4.78 is 14.3. The minimum absolute atomic E-state index is 0.0487. The van der Waals surface area contributed by atoms with E-state index in [0.717, 1.165) is 46.9 Å². The van der Waals surface area contributed by atoms with Gasteiger partial charge in [0.2, 0.25) is 5.95 Å². The molecule has 1 saturated heterocycles. The highest BCUT2D eigenvalue weighted by Gasteiger charge is 2.35. The van der Waals surface area contributed by atoms with Gasteiger partial charge in [-0.3, -0.25) is 0 Å². The fourth-order valence-corrected chi connectivity index (χ4v) is 4.83. The lowest BCUT2D eigenvalue weighted by Crippen LogP contribution is -2.23.